The lowest BCUT2D eigenvalue weighted by molar-refractivity contribution is -0.114. The molecule has 0 saturated carbocycles. The van der Waals surface area contributed by atoms with Crippen molar-refractivity contribution in [1.82, 2.24) is 0 Å². The highest BCUT2D eigenvalue weighted by Gasteiger charge is 2.40. The third-order valence-electron chi connectivity index (χ3n) is 10.4. The van der Waals surface area contributed by atoms with Crippen molar-refractivity contribution in [2.45, 2.75) is 79.1 Å². The molecule has 0 heterocycles. The summed E-state index contributed by atoms with van der Waals surface area (Å²) in [6.07, 6.45) is 11.4. The van der Waals surface area contributed by atoms with E-state index in [9.17, 15) is 28.6 Å². The number of allylic oxidation sites excluding steroid dienone is 6. The molecule has 0 bridgehead atoms. The maximum atomic E-state index is 15.1. The number of aromatic hydroxyl groups is 1. The van der Waals surface area contributed by atoms with E-state index in [-0.39, 0.29) is 51.2 Å². The monoisotopic (exact) mass is 744 g/mol. The first-order chi connectivity index (χ1) is 25.9. The Balaban J connectivity index is 1.47. The molecule has 6 nitrogen and oxygen atoms in total. The normalized spacial score (nSPS) is 16.7. The van der Waals surface area contributed by atoms with Crippen molar-refractivity contribution in [3.63, 3.8) is 0 Å². The van der Waals surface area contributed by atoms with Gasteiger partial charge in [0.25, 0.3) is 0 Å². The van der Waals surface area contributed by atoms with Crippen LogP contribution < -0.4 is 9.80 Å². The largest absolute Gasteiger partial charge is 0.507 e. The average Bonchev–Trinajstić information content (AvgIpc) is 3.16. The van der Waals surface area contributed by atoms with Crippen LogP contribution in [-0.4, -0.2) is 34.9 Å². The highest BCUT2D eigenvalue weighted by Crippen LogP contribution is 2.44. The Kier molecular flexibility index (Phi) is 13.2. The minimum absolute atomic E-state index is 0.00537. The van der Waals surface area contributed by atoms with Crippen molar-refractivity contribution in [1.29, 1.82) is 0 Å². The predicted molar refractivity (Wildman–Crippen MR) is 206 cm³/mol. The number of hydrogen-bond acceptors (Lipinski definition) is 6. The van der Waals surface area contributed by atoms with Crippen LogP contribution in [0.3, 0.4) is 0 Å². The summed E-state index contributed by atoms with van der Waals surface area (Å²) >= 11 is 0. The quantitative estimate of drug-likeness (QED) is 0.106. The average molecular weight is 745 g/mol. The molecule has 0 amide bonds. The Hall–Kier alpha value is -5.12. The second-order valence-corrected chi connectivity index (χ2v) is 14.1. The highest BCUT2D eigenvalue weighted by molar-refractivity contribution is 6.41. The smallest absolute Gasteiger partial charge is 0.202 e. The Morgan fingerprint density at radius 3 is 1.72 bits per heavy atom. The summed E-state index contributed by atoms with van der Waals surface area (Å²) in [5.41, 5.74) is 0.175. The van der Waals surface area contributed by atoms with Gasteiger partial charge in [0.15, 0.2) is 5.78 Å². The third kappa shape index (κ3) is 8.64. The predicted octanol–water partition coefficient (Wildman–Crippen LogP) is 11.2. The van der Waals surface area contributed by atoms with Gasteiger partial charge in [-0.05, 0) is 73.2 Å². The molecule has 0 fully saturated rings. The number of ketones is 2. The molecular formula is C44H48F4N2O4. The summed E-state index contributed by atoms with van der Waals surface area (Å²) in [4.78, 5) is 30.3. The van der Waals surface area contributed by atoms with Crippen LogP contribution in [0, 0.1) is 35.1 Å². The van der Waals surface area contributed by atoms with Crippen LogP contribution in [0.1, 0.15) is 84.6 Å². The number of benzene rings is 3. The van der Waals surface area contributed by atoms with Crippen molar-refractivity contribution in [3.8, 4) is 5.75 Å². The summed E-state index contributed by atoms with van der Waals surface area (Å²) < 4.78 is 58.9. The number of Topliss-reactive ketones (excluding diaryl/α,β-unsaturated/α-hetero) is 1. The number of anilines is 3. The Morgan fingerprint density at radius 2 is 1.22 bits per heavy atom. The van der Waals surface area contributed by atoms with Crippen LogP contribution in [0.2, 0.25) is 0 Å². The van der Waals surface area contributed by atoms with Gasteiger partial charge in [-0.25, -0.2) is 17.6 Å². The number of phenolic OH excluding ortho intramolecular Hbond substituents is 1. The summed E-state index contributed by atoms with van der Waals surface area (Å²) in [5, 5.41) is 22.4. The topological polar surface area (TPSA) is 81.1 Å². The number of carbonyl (C=O) groups is 2. The fourth-order valence-corrected chi connectivity index (χ4v) is 7.11. The molecule has 0 aliphatic heterocycles. The summed E-state index contributed by atoms with van der Waals surface area (Å²) in [5.74, 6) is -4.38. The number of aliphatic hydroxyl groups excluding tert-OH is 1. The van der Waals surface area contributed by atoms with Crippen LogP contribution in [0.25, 0.3) is 5.57 Å². The number of halogens is 4. The van der Waals surface area contributed by atoms with E-state index < -0.39 is 40.6 Å². The second-order valence-electron chi connectivity index (χ2n) is 14.1. The molecule has 3 aromatic rings. The van der Waals surface area contributed by atoms with Crippen molar-refractivity contribution >= 4 is 34.2 Å². The van der Waals surface area contributed by atoms with Gasteiger partial charge in [0.05, 0.1) is 22.5 Å². The molecule has 2 N–H and O–H groups in total. The molecule has 2 aliphatic carbocycles. The molecule has 2 atom stereocenters. The van der Waals surface area contributed by atoms with Crippen LogP contribution in [0.5, 0.6) is 5.75 Å². The number of hydrogen-bond donors (Lipinski definition) is 2. The first-order valence-electron chi connectivity index (χ1n) is 18.9. The van der Waals surface area contributed by atoms with E-state index in [0.717, 1.165) is 87.8 Å². The highest BCUT2D eigenvalue weighted by atomic mass is 19.1. The van der Waals surface area contributed by atoms with Gasteiger partial charge in [-0.2, -0.15) is 0 Å². The number of aliphatic hydroxyl groups is 1. The maximum Gasteiger partial charge on any atom is 0.202 e. The number of rotatable bonds is 17. The van der Waals surface area contributed by atoms with Gasteiger partial charge in [0, 0.05) is 59.9 Å². The SMILES string of the molecule is CCCCC(CC)CN(C1=CC(=O)C(=C2C(=O)C(c3ccc(N(CC(CC)CCCC)c4cc(F)ccc4F)cc3O)=C2O)C=C1)c1cc(F)ccc1F. The number of carbonyl (C=O) groups excluding carboxylic acids is 2. The first kappa shape index (κ1) is 40.1. The Morgan fingerprint density at radius 1 is 0.667 bits per heavy atom. The molecule has 0 spiro atoms. The molecule has 286 valence electrons. The lowest BCUT2D eigenvalue weighted by atomic mass is 9.79. The van der Waals surface area contributed by atoms with Gasteiger partial charge >= 0.3 is 0 Å². The summed E-state index contributed by atoms with van der Waals surface area (Å²) in [6, 6.07) is 10.7. The molecule has 0 aromatic heterocycles. The van der Waals surface area contributed by atoms with Crippen molar-refractivity contribution in [2.75, 3.05) is 22.9 Å². The fourth-order valence-electron chi connectivity index (χ4n) is 7.11. The number of nitrogens with zero attached hydrogens (tertiary/aromatic N) is 2. The zero-order valence-electron chi connectivity index (χ0n) is 31.3. The van der Waals surface area contributed by atoms with Gasteiger partial charge in [-0.15, -0.1) is 0 Å². The minimum Gasteiger partial charge on any atom is -0.507 e. The van der Waals surface area contributed by atoms with Gasteiger partial charge < -0.3 is 20.0 Å². The molecule has 2 unspecified atom stereocenters. The van der Waals surface area contributed by atoms with E-state index in [2.05, 4.69) is 13.8 Å². The second kappa shape index (κ2) is 17.8. The molecule has 54 heavy (non-hydrogen) atoms. The van der Waals surface area contributed by atoms with Gasteiger partial charge in [0.1, 0.15) is 34.8 Å². The number of phenols is 1. The fraction of sp³-hybridized carbons (Fsp3) is 0.364. The van der Waals surface area contributed by atoms with Gasteiger partial charge in [-0.3, -0.25) is 9.59 Å². The van der Waals surface area contributed by atoms with E-state index in [1.165, 1.54) is 30.4 Å². The van der Waals surface area contributed by atoms with E-state index in [1.54, 1.807) is 15.9 Å². The molecule has 0 radical (unpaired) electrons. The minimum atomic E-state index is -0.669. The van der Waals surface area contributed by atoms with Crippen molar-refractivity contribution in [3.05, 3.63) is 124 Å². The lowest BCUT2D eigenvalue weighted by Crippen LogP contribution is -2.31. The number of unbranched alkanes of at least 4 members (excludes halogenated alkanes) is 2. The molecule has 2 aliphatic rings. The van der Waals surface area contributed by atoms with E-state index >= 15 is 8.78 Å². The van der Waals surface area contributed by atoms with Gasteiger partial charge in [-0.1, -0.05) is 66.2 Å². The zero-order valence-corrected chi connectivity index (χ0v) is 31.3. The van der Waals surface area contributed by atoms with E-state index in [4.69, 9.17) is 0 Å². The molecular weight excluding hydrogens is 696 g/mol. The third-order valence-corrected chi connectivity index (χ3v) is 10.4. The van der Waals surface area contributed by atoms with E-state index in [1.807, 2.05) is 13.8 Å². The first-order valence-corrected chi connectivity index (χ1v) is 18.9. The Labute approximate surface area is 314 Å². The van der Waals surface area contributed by atoms with Crippen LogP contribution >= 0.6 is 0 Å². The van der Waals surface area contributed by atoms with Crippen molar-refractivity contribution < 1.29 is 37.4 Å². The standard InChI is InChI=1S/C44H48F4N2O4/c1-5-9-11-27(7-3)25-49(37-21-29(45)13-19-35(37)47)31-15-17-33(39(51)23-31)41-43(53)42(44(41)54)34-18-16-32(24-40(34)52)50(26-28(8-4)12-10-6-2)38-22-30(46)14-20-36(38)48/h13-24,27-28,51,53H,5-12,25-26H2,1-4H3. The maximum absolute atomic E-state index is 15.1. The lowest BCUT2D eigenvalue weighted by Gasteiger charge is -2.32. The zero-order chi connectivity index (χ0) is 39.1. The summed E-state index contributed by atoms with van der Waals surface area (Å²) in [6.45, 7) is 8.89. The van der Waals surface area contributed by atoms with Crippen LogP contribution in [0.15, 0.2) is 95.4 Å². The Bertz CT molecular complexity index is 2020. The van der Waals surface area contributed by atoms with Crippen LogP contribution in [-0.2, 0) is 9.59 Å². The van der Waals surface area contributed by atoms with Gasteiger partial charge in [0.2, 0.25) is 5.78 Å². The molecule has 5 rings (SSSR count). The molecule has 0 saturated heterocycles. The van der Waals surface area contributed by atoms with Crippen LogP contribution in [0.4, 0.5) is 34.6 Å². The molecule has 10 heteroatoms. The van der Waals surface area contributed by atoms with Crippen molar-refractivity contribution in [2.24, 2.45) is 11.8 Å². The molecule has 3 aromatic carbocycles. The summed E-state index contributed by atoms with van der Waals surface area (Å²) in [7, 11) is 0. The van der Waals surface area contributed by atoms with E-state index in [0.29, 0.717) is 24.5 Å².